The van der Waals surface area contributed by atoms with Gasteiger partial charge >= 0.3 is 0 Å². The average Bonchev–Trinajstić information content (AvgIpc) is 2.13. The molecule has 4 nitrogen and oxygen atoms in total. The van der Waals surface area contributed by atoms with Crippen LogP contribution in [0.2, 0.25) is 0 Å². The molecule has 0 aromatic heterocycles. The molecule has 0 aromatic carbocycles. The molecular weight excluding hydrogens is 206 g/mol. The maximum Gasteiger partial charge on any atom is 0.230 e. The molecule has 4 heteroatoms. The van der Waals surface area contributed by atoms with E-state index in [0.29, 0.717) is 26.1 Å². The highest BCUT2D eigenvalue weighted by molar-refractivity contribution is 5.83. The summed E-state index contributed by atoms with van der Waals surface area (Å²) < 4.78 is 5.02. The third kappa shape index (κ3) is 2.62. The van der Waals surface area contributed by atoms with E-state index >= 15 is 0 Å². The van der Waals surface area contributed by atoms with E-state index in [-0.39, 0.29) is 5.91 Å². The van der Waals surface area contributed by atoms with Gasteiger partial charge in [-0.1, -0.05) is 6.08 Å². The third-order valence-electron chi connectivity index (χ3n) is 2.87. The number of aliphatic hydroxyl groups is 1. The van der Waals surface area contributed by atoms with E-state index in [9.17, 15) is 9.90 Å². The molecule has 92 valence electrons. The summed E-state index contributed by atoms with van der Waals surface area (Å²) in [6, 6.07) is 0. The molecule has 0 bridgehead atoms. The Morgan fingerprint density at radius 2 is 2.19 bits per heavy atom. The first-order valence-corrected chi connectivity index (χ1v) is 5.46. The zero-order chi connectivity index (χ0) is 12.4. The van der Waals surface area contributed by atoms with Crippen molar-refractivity contribution in [1.82, 2.24) is 4.90 Å². The number of likely N-dealkylation sites (tertiary alicyclic amines) is 1. The Hall–Kier alpha value is -0.870. The first kappa shape index (κ1) is 13.2. The van der Waals surface area contributed by atoms with E-state index in [0.717, 1.165) is 0 Å². The zero-order valence-electron chi connectivity index (χ0n) is 10.3. The van der Waals surface area contributed by atoms with E-state index < -0.39 is 11.0 Å². The summed E-state index contributed by atoms with van der Waals surface area (Å²) in [5.74, 6) is 0.0306. The third-order valence-corrected chi connectivity index (χ3v) is 2.87. The molecule has 1 heterocycles. The molecule has 0 aliphatic carbocycles. The SMILES string of the molecule is C=CCC1(O)CN(C(=O)C(C)(C)COC)C1. The van der Waals surface area contributed by atoms with Gasteiger partial charge in [-0.15, -0.1) is 6.58 Å². The van der Waals surface area contributed by atoms with Crippen LogP contribution < -0.4 is 0 Å². The molecule has 16 heavy (non-hydrogen) atoms. The predicted molar refractivity (Wildman–Crippen MR) is 62.0 cm³/mol. The fourth-order valence-electron chi connectivity index (χ4n) is 2.06. The van der Waals surface area contributed by atoms with Crippen LogP contribution in [0.4, 0.5) is 0 Å². The van der Waals surface area contributed by atoms with Crippen molar-refractivity contribution in [1.29, 1.82) is 0 Å². The van der Waals surface area contributed by atoms with Crippen LogP contribution in [0.5, 0.6) is 0 Å². The number of β-amino-alcohol motifs (C(OH)–C–C–N with tert-alkyl or cyclic N) is 1. The Balaban J connectivity index is 2.51. The molecule has 0 unspecified atom stereocenters. The van der Waals surface area contributed by atoms with Gasteiger partial charge in [-0.3, -0.25) is 4.79 Å². The van der Waals surface area contributed by atoms with Gasteiger partial charge < -0.3 is 14.7 Å². The maximum absolute atomic E-state index is 12.0. The van der Waals surface area contributed by atoms with E-state index in [1.54, 1.807) is 18.1 Å². The van der Waals surface area contributed by atoms with Crippen molar-refractivity contribution >= 4 is 5.91 Å². The van der Waals surface area contributed by atoms with Crippen molar-refractivity contribution < 1.29 is 14.6 Å². The van der Waals surface area contributed by atoms with Gasteiger partial charge in [0.25, 0.3) is 0 Å². The molecule has 0 spiro atoms. The number of ether oxygens (including phenoxy) is 1. The van der Waals surface area contributed by atoms with Crippen molar-refractivity contribution in [2.75, 3.05) is 26.8 Å². The number of nitrogens with zero attached hydrogens (tertiary/aromatic N) is 1. The second-order valence-corrected chi connectivity index (χ2v) is 5.20. The molecule has 1 fully saturated rings. The van der Waals surface area contributed by atoms with Gasteiger partial charge in [0.15, 0.2) is 0 Å². The summed E-state index contributed by atoms with van der Waals surface area (Å²) >= 11 is 0. The summed E-state index contributed by atoms with van der Waals surface area (Å²) in [5, 5.41) is 9.93. The highest BCUT2D eigenvalue weighted by Crippen LogP contribution is 2.29. The van der Waals surface area contributed by atoms with Gasteiger partial charge in [-0.2, -0.15) is 0 Å². The van der Waals surface area contributed by atoms with Gasteiger partial charge in [0.05, 0.1) is 25.1 Å². The van der Waals surface area contributed by atoms with E-state index in [4.69, 9.17) is 4.74 Å². The largest absolute Gasteiger partial charge is 0.386 e. The second-order valence-electron chi connectivity index (χ2n) is 5.20. The Labute approximate surface area is 96.9 Å². The Morgan fingerprint density at radius 3 is 2.62 bits per heavy atom. The van der Waals surface area contributed by atoms with Crippen LogP contribution in [0.25, 0.3) is 0 Å². The van der Waals surface area contributed by atoms with Crippen molar-refractivity contribution in [3.63, 3.8) is 0 Å². The van der Waals surface area contributed by atoms with Crippen LogP contribution in [0.1, 0.15) is 20.3 Å². The molecule has 0 atom stereocenters. The minimum atomic E-state index is -0.763. The zero-order valence-corrected chi connectivity index (χ0v) is 10.3. The molecule has 1 rings (SSSR count). The summed E-state index contributed by atoms with van der Waals surface area (Å²) in [5.41, 5.74) is -1.29. The summed E-state index contributed by atoms with van der Waals surface area (Å²) in [6.45, 7) is 8.47. The predicted octanol–water partition coefficient (Wildman–Crippen LogP) is 0.808. The summed E-state index contributed by atoms with van der Waals surface area (Å²) in [4.78, 5) is 13.7. The summed E-state index contributed by atoms with van der Waals surface area (Å²) in [7, 11) is 1.58. The quantitative estimate of drug-likeness (QED) is 0.707. The lowest BCUT2D eigenvalue weighted by Gasteiger charge is -2.48. The molecule has 1 saturated heterocycles. The highest BCUT2D eigenvalue weighted by Gasteiger charge is 2.46. The van der Waals surface area contributed by atoms with Crippen LogP contribution >= 0.6 is 0 Å². The van der Waals surface area contributed by atoms with Crippen LogP contribution in [0, 0.1) is 5.41 Å². The number of hydrogen-bond donors (Lipinski definition) is 1. The number of hydrogen-bond acceptors (Lipinski definition) is 3. The fraction of sp³-hybridized carbons (Fsp3) is 0.750. The molecule has 1 amide bonds. The number of rotatable bonds is 5. The fourth-order valence-corrected chi connectivity index (χ4v) is 2.06. The van der Waals surface area contributed by atoms with Crippen molar-refractivity contribution in [2.24, 2.45) is 5.41 Å². The monoisotopic (exact) mass is 227 g/mol. The van der Waals surface area contributed by atoms with Gasteiger partial charge in [-0.25, -0.2) is 0 Å². The molecule has 0 radical (unpaired) electrons. The Morgan fingerprint density at radius 1 is 1.62 bits per heavy atom. The van der Waals surface area contributed by atoms with E-state index in [1.807, 2.05) is 13.8 Å². The van der Waals surface area contributed by atoms with E-state index in [1.165, 1.54) is 0 Å². The first-order chi connectivity index (χ1) is 7.34. The number of methoxy groups -OCH3 is 1. The summed E-state index contributed by atoms with van der Waals surface area (Å²) in [6.07, 6.45) is 2.21. The smallest absolute Gasteiger partial charge is 0.230 e. The molecule has 1 N–H and O–H groups in total. The highest BCUT2D eigenvalue weighted by atomic mass is 16.5. The first-order valence-electron chi connectivity index (χ1n) is 5.46. The topological polar surface area (TPSA) is 49.8 Å². The maximum atomic E-state index is 12.0. The molecule has 0 saturated carbocycles. The minimum Gasteiger partial charge on any atom is -0.386 e. The lowest BCUT2D eigenvalue weighted by molar-refractivity contribution is -0.166. The second kappa shape index (κ2) is 4.55. The molecule has 0 aromatic rings. The number of carbonyl (C=O) groups is 1. The lowest BCUT2D eigenvalue weighted by Crippen LogP contribution is -2.65. The van der Waals surface area contributed by atoms with Gasteiger partial charge in [0.1, 0.15) is 5.60 Å². The Kier molecular flexibility index (Phi) is 3.76. The van der Waals surface area contributed by atoms with Crippen molar-refractivity contribution in [2.45, 2.75) is 25.9 Å². The number of carbonyl (C=O) groups excluding carboxylic acids is 1. The van der Waals surface area contributed by atoms with E-state index in [2.05, 4.69) is 6.58 Å². The number of amides is 1. The van der Waals surface area contributed by atoms with Crippen LogP contribution in [0.3, 0.4) is 0 Å². The minimum absolute atomic E-state index is 0.0306. The lowest BCUT2D eigenvalue weighted by atomic mass is 9.85. The van der Waals surface area contributed by atoms with Crippen LogP contribution in [-0.2, 0) is 9.53 Å². The Bertz CT molecular complexity index is 280. The van der Waals surface area contributed by atoms with Crippen LogP contribution in [0.15, 0.2) is 12.7 Å². The standard InChI is InChI=1S/C12H21NO3/c1-5-6-12(15)7-13(8-12)10(14)11(2,3)9-16-4/h5,15H,1,6-9H2,2-4H3. The normalized spacial score (nSPS) is 19.1. The molecule has 1 aliphatic heterocycles. The average molecular weight is 227 g/mol. The van der Waals surface area contributed by atoms with Crippen molar-refractivity contribution in [3.05, 3.63) is 12.7 Å². The van der Waals surface area contributed by atoms with Gasteiger partial charge in [-0.05, 0) is 20.3 Å². The van der Waals surface area contributed by atoms with Gasteiger partial charge in [0.2, 0.25) is 5.91 Å². The molecule has 1 aliphatic rings. The molecular formula is C12H21NO3. The van der Waals surface area contributed by atoms with Crippen molar-refractivity contribution in [3.8, 4) is 0 Å². The van der Waals surface area contributed by atoms with Gasteiger partial charge in [0, 0.05) is 7.11 Å². The van der Waals surface area contributed by atoms with Crippen LogP contribution in [-0.4, -0.2) is 48.3 Å².